The van der Waals surface area contributed by atoms with E-state index in [4.69, 9.17) is 0 Å². The molecular weight excluding hydrogens is 242 g/mol. The fraction of sp³-hybridized carbons (Fsp3) is 0.895. The third kappa shape index (κ3) is 7.47. The quantitative estimate of drug-likeness (QED) is 0.417. The lowest BCUT2D eigenvalue weighted by molar-refractivity contribution is 0.0916. The molecule has 1 heteroatoms. The molecule has 0 rings (SSSR count). The number of hydrogen-bond acceptors (Lipinski definition) is 1. The van der Waals surface area contributed by atoms with Crippen LogP contribution in [0.2, 0.25) is 0 Å². The van der Waals surface area contributed by atoms with Crippen LogP contribution in [0.3, 0.4) is 0 Å². The van der Waals surface area contributed by atoms with Gasteiger partial charge in [0.25, 0.3) is 0 Å². The van der Waals surface area contributed by atoms with Gasteiger partial charge in [0.15, 0.2) is 0 Å². The molecule has 0 saturated heterocycles. The van der Waals surface area contributed by atoms with Gasteiger partial charge in [0.1, 0.15) is 0 Å². The predicted molar refractivity (Wildman–Crippen MR) is 93.3 cm³/mol. The lowest BCUT2D eigenvalue weighted by Gasteiger charge is -2.41. The lowest BCUT2D eigenvalue weighted by atomic mass is 9.85. The van der Waals surface area contributed by atoms with Crippen LogP contribution in [0, 0.1) is 5.92 Å². The van der Waals surface area contributed by atoms with Crippen LogP contribution in [0.1, 0.15) is 87.0 Å². The van der Waals surface area contributed by atoms with Gasteiger partial charge in [-0.1, -0.05) is 52.2 Å². The molecule has 0 unspecified atom stereocenters. The molecule has 0 radical (unpaired) electrons. The van der Waals surface area contributed by atoms with Gasteiger partial charge in [-0.25, -0.2) is 0 Å². The Hall–Kier alpha value is -0.300. The fourth-order valence-corrected chi connectivity index (χ4v) is 3.21. The van der Waals surface area contributed by atoms with Gasteiger partial charge in [-0.15, -0.1) is 0 Å². The molecule has 1 nitrogen and oxygen atoms in total. The molecule has 0 saturated carbocycles. The van der Waals surface area contributed by atoms with E-state index < -0.39 is 0 Å². The Bertz CT molecular complexity index is 263. The van der Waals surface area contributed by atoms with Crippen molar-refractivity contribution in [3.05, 3.63) is 11.6 Å². The van der Waals surface area contributed by atoms with Crippen molar-refractivity contribution in [2.24, 2.45) is 5.92 Å². The summed E-state index contributed by atoms with van der Waals surface area (Å²) in [7, 11) is 0. The molecule has 0 aromatic carbocycles. The molecule has 0 amide bonds. The van der Waals surface area contributed by atoms with Gasteiger partial charge in [-0.2, -0.15) is 0 Å². The minimum Gasteiger partial charge on any atom is -0.298 e. The van der Waals surface area contributed by atoms with Crippen molar-refractivity contribution < 1.29 is 0 Å². The number of hydrogen-bond donors (Lipinski definition) is 0. The molecule has 20 heavy (non-hydrogen) atoms. The summed E-state index contributed by atoms with van der Waals surface area (Å²) in [5.41, 5.74) is 1.93. The summed E-state index contributed by atoms with van der Waals surface area (Å²) >= 11 is 0. The minimum absolute atomic E-state index is 0.395. The Morgan fingerprint density at radius 3 is 2.10 bits per heavy atom. The second-order valence-electron chi connectivity index (χ2n) is 6.94. The molecule has 0 bridgehead atoms. The van der Waals surface area contributed by atoms with E-state index in [9.17, 15) is 0 Å². The lowest BCUT2D eigenvalue weighted by Crippen LogP contribution is -2.46. The van der Waals surface area contributed by atoms with E-state index in [0.29, 0.717) is 5.54 Å². The van der Waals surface area contributed by atoms with E-state index in [0.717, 1.165) is 5.92 Å². The van der Waals surface area contributed by atoms with E-state index in [1.807, 2.05) is 0 Å². The number of allylic oxidation sites excluding steroid dienone is 2. The first-order chi connectivity index (χ1) is 9.39. The van der Waals surface area contributed by atoms with Crippen LogP contribution >= 0.6 is 0 Å². The fourth-order valence-electron chi connectivity index (χ4n) is 3.21. The van der Waals surface area contributed by atoms with E-state index >= 15 is 0 Å². The Labute approximate surface area is 128 Å². The predicted octanol–water partition coefficient (Wildman–Crippen LogP) is 6.05. The second-order valence-corrected chi connectivity index (χ2v) is 6.94. The van der Waals surface area contributed by atoms with Crippen LogP contribution < -0.4 is 0 Å². The Morgan fingerprint density at radius 2 is 1.65 bits per heavy atom. The molecule has 0 N–H and O–H groups in total. The van der Waals surface area contributed by atoms with Crippen molar-refractivity contribution in [1.82, 2.24) is 4.90 Å². The number of nitrogens with zero attached hydrogens (tertiary/aromatic N) is 1. The Balaban J connectivity index is 4.52. The smallest absolute Gasteiger partial charge is 0.0181 e. The molecule has 0 aromatic rings. The van der Waals surface area contributed by atoms with Gasteiger partial charge in [0.05, 0.1) is 0 Å². The van der Waals surface area contributed by atoms with Crippen LogP contribution in [0.4, 0.5) is 0 Å². The monoisotopic (exact) mass is 281 g/mol. The highest BCUT2D eigenvalue weighted by atomic mass is 15.2. The van der Waals surface area contributed by atoms with Crippen LogP contribution in [-0.2, 0) is 0 Å². The first kappa shape index (κ1) is 19.7. The second kappa shape index (κ2) is 10.4. The molecule has 0 aliphatic carbocycles. The summed E-state index contributed by atoms with van der Waals surface area (Å²) < 4.78 is 0. The van der Waals surface area contributed by atoms with Crippen LogP contribution in [0.15, 0.2) is 11.6 Å². The third-order valence-corrected chi connectivity index (χ3v) is 4.80. The van der Waals surface area contributed by atoms with Crippen molar-refractivity contribution in [2.75, 3.05) is 13.1 Å². The average molecular weight is 282 g/mol. The molecule has 0 aliphatic rings. The van der Waals surface area contributed by atoms with Crippen molar-refractivity contribution >= 4 is 0 Å². The summed E-state index contributed by atoms with van der Waals surface area (Å²) in [4.78, 5) is 2.68. The first-order valence-electron chi connectivity index (χ1n) is 8.76. The molecule has 0 spiro atoms. The highest BCUT2D eigenvalue weighted by molar-refractivity contribution is 4.96. The molecule has 0 heterocycles. The highest BCUT2D eigenvalue weighted by Crippen LogP contribution is 2.29. The standard InChI is InChI=1S/C19H39N/c1-8-18(6)14-12-16-19(7,20(9-2)10-3)15-11-13-17(4)5/h8,17H,9-16H2,1-7H3/t19-/m0/s1. The topological polar surface area (TPSA) is 3.24 Å². The summed E-state index contributed by atoms with van der Waals surface area (Å²) in [6.07, 6.45) is 10.3. The maximum Gasteiger partial charge on any atom is 0.0181 e. The SMILES string of the molecule is CC=C(C)CCC[C@](C)(CCCC(C)C)N(CC)CC. The zero-order valence-electron chi connectivity index (χ0n) is 15.3. The van der Waals surface area contributed by atoms with Crippen LogP contribution in [0.5, 0.6) is 0 Å². The van der Waals surface area contributed by atoms with E-state index in [-0.39, 0.29) is 0 Å². The van der Waals surface area contributed by atoms with Crippen LogP contribution in [-0.4, -0.2) is 23.5 Å². The van der Waals surface area contributed by atoms with Gasteiger partial charge in [0, 0.05) is 5.54 Å². The molecule has 0 fully saturated rings. The minimum atomic E-state index is 0.395. The maximum atomic E-state index is 2.68. The summed E-state index contributed by atoms with van der Waals surface area (Å²) in [6.45, 7) is 18.5. The van der Waals surface area contributed by atoms with E-state index in [2.05, 4.69) is 59.4 Å². The van der Waals surface area contributed by atoms with Crippen molar-refractivity contribution in [1.29, 1.82) is 0 Å². The Morgan fingerprint density at radius 1 is 1.10 bits per heavy atom. The highest BCUT2D eigenvalue weighted by Gasteiger charge is 2.28. The largest absolute Gasteiger partial charge is 0.298 e. The maximum absolute atomic E-state index is 2.68. The average Bonchev–Trinajstić information content (AvgIpc) is 2.39. The van der Waals surface area contributed by atoms with Gasteiger partial charge in [-0.05, 0) is 65.5 Å². The van der Waals surface area contributed by atoms with E-state index in [1.54, 1.807) is 0 Å². The van der Waals surface area contributed by atoms with Crippen LogP contribution in [0.25, 0.3) is 0 Å². The number of rotatable bonds is 11. The molecule has 0 aliphatic heterocycles. The molecule has 120 valence electrons. The molecule has 1 atom stereocenters. The summed E-state index contributed by atoms with van der Waals surface area (Å²) in [5.74, 6) is 0.834. The summed E-state index contributed by atoms with van der Waals surface area (Å²) in [6, 6.07) is 0. The zero-order valence-corrected chi connectivity index (χ0v) is 15.3. The normalized spacial score (nSPS) is 15.9. The van der Waals surface area contributed by atoms with E-state index in [1.165, 1.54) is 57.2 Å². The van der Waals surface area contributed by atoms with Gasteiger partial charge >= 0.3 is 0 Å². The summed E-state index contributed by atoms with van der Waals surface area (Å²) in [5, 5.41) is 0. The molecule has 0 aromatic heterocycles. The van der Waals surface area contributed by atoms with Gasteiger partial charge in [0.2, 0.25) is 0 Å². The van der Waals surface area contributed by atoms with Gasteiger partial charge < -0.3 is 0 Å². The zero-order chi connectivity index (χ0) is 15.6. The van der Waals surface area contributed by atoms with Crippen molar-refractivity contribution in [3.8, 4) is 0 Å². The third-order valence-electron chi connectivity index (χ3n) is 4.80. The first-order valence-corrected chi connectivity index (χ1v) is 8.76. The van der Waals surface area contributed by atoms with Crippen molar-refractivity contribution in [2.45, 2.75) is 92.5 Å². The van der Waals surface area contributed by atoms with Gasteiger partial charge in [-0.3, -0.25) is 4.90 Å². The van der Waals surface area contributed by atoms with Crippen molar-refractivity contribution in [3.63, 3.8) is 0 Å². The Kier molecular flexibility index (Phi) is 10.3. The molecular formula is C19H39N.